The first-order valence-electron chi connectivity index (χ1n) is 12.8. The average Bonchev–Trinajstić information content (AvgIpc) is 3.01. The summed E-state index contributed by atoms with van der Waals surface area (Å²) in [7, 11) is 0. The van der Waals surface area contributed by atoms with Crippen LogP contribution in [0.25, 0.3) is 66.4 Å². The molecule has 0 spiro atoms. The number of hydrogen-bond acceptors (Lipinski definition) is 2. The van der Waals surface area contributed by atoms with E-state index in [9.17, 15) is 0 Å². The Labute approximate surface area is 221 Å². The van der Waals surface area contributed by atoms with Crippen molar-refractivity contribution in [2.75, 3.05) is 0 Å². The SMILES string of the molecule is c1ccc(-c2ccc3nc(-c4ccccc4)cc(-c4cccc(-c5cnc6ccccc6c5)c4)c3c2)cc1. The Balaban J connectivity index is 1.43. The minimum Gasteiger partial charge on any atom is -0.256 e. The van der Waals surface area contributed by atoms with Gasteiger partial charge in [0.05, 0.1) is 16.7 Å². The first kappa shape index (κ1) is 22.1. The maximum Gasteiger partial charge on any atom is 0.0716 e. The molecule has 0 saturated heterocycles. The lowest BCUT2D eigenvalue weighted by molar-refractivity contribution is 1.39. The number of hydrogen-bond donors (Lipinski definition) is 0. The van der Waals surface area contributed by atoms with Gasteiger partial charge in [-0.1, -0.05) is 103 Å². The first-order chi connectivity index (χ1) is 18.8. The van der Waals surface area contributed by atoms with E-state index < -0.39 is 0 Å². The summed E-state index contributed by atoms with van der Waals surface area (Å²) in [5, 5.41) is 2.28. The Morgan fingerprint density at radius 3 is 1.92 bits per heavy atom. The third kappa shape index (κ3) is 4.12. The van der Waals surface area contributed by atoms with Crippen LogP contribution in [-0.2, 0) is 0 Å². The zero-order valence-corrected chi connectivity index (χ0v) is 20.8. The van der Waals surface area contributed by atoms with E-state index in [0.717, 1.165) is 49.8 Å². The van der Waals surface area contributed by atoms with Crippen molar-refractivity contribution >= 4 is 21.8 Å². The van der Waals surface area contributed by atoms with E-state index in [-0.39, 0.29) is 0 Å². The summed E-state index contributed by atoms with van der Waals surface area (Å²) >= 11 is 0. The Hall–Kier alpha value is -5.08. The molecule has 38 heavy (non-hydrogen) atoms. The summed E-state index contributed by atoms with van der Waals surface area (Å²) in [5.41, 5.74) is 11.0. The highest BCUT2D eigenvalue weighted by Gasteiger charge is 2.12. The standard InChI is InChI=1S/C36H24N2/c1-3-10-25(11-4-1)28-18-19-35-33(22-28)32(23-36(38-35)26-12-5-2-6-13-26)29-16-9-15-27(20-29)31-21-30-14-7-8-17-34(30)37-24-31/h1-24H. The van der Waals surface area contributed by atoms with Crippen LogP contribution in [0.4, 0.5) is 0 Å². The van der Waals surface area contributed by atoms with Crippen LogP contribution in [0.3, 0.4) is 0 Å². The van der Waals surface area contributed by atoms with Gasteiger partial charge in [-0.15, -0.1) is 0 Å². The summed E-state index contributed by atoms with van der Waals surface area (Å²) in [4.78, 5) is 9.77. The molecule has 2 aromatic heterocycles. The highest BCUT2D eigenvalue weighted by Crippen LogP contribution is 2.36. The quantitative estimate of drug-likeness (QED) is 0.249. The zero-order chi connectivity index (χ0) is 25.3. The molecule has 2 nitrogen and oxygen atoms in total. The number of rotatable bonds is 4. The third-order valence-electron chi connectivity index (χ3n) is 7.08. The lowest BCUT2D eigenvalue weighted by atomic mass is 9.93. The van der Waals surface area contributed by atoms with Crippen LogP contribution < -0.4 is 0 Å². The molecule has 0 amide bonds. The molecule has 0 radical (unpaired) electrons. The second-order valence-corrected chi connectivity index (χ2v) is 9.52. The Morgan fingerprint density at radius 2 is 1.08 bits per heavy atom. The predicted molar refractivity (Wildman–Crippen MR) is 159 cm³/mol. The van der Waals surface area contributed by atoms with Crippen LogP contribution in [0.1, 0.15) is 0 Å². The van der Waals surface area contributed by atoms with Gasteiger partial charge in [0.2, 0.25) is 0 Å². The zero-order valence-electron chi connectivity index (χ0n) is 20.8. The topological polar surface area (TPSA) is 25.8 Å². The fourth-order valence-electron chi connectivity index (χ4n) is 5.13. The molecule has 0 fully saturated rings. The molecule has 7 aromatic rings. The van der Waals surface area contributed by atoms with E-state index in [1.165, 1.54) is 16.7 Å². The Bertz CT molecular complexity index is 1910. The van der Waals surface area contributed by atoms with Crippen molar-refractivity contribution in [2.24, 2.45) is 0 Å². The molecule has 0 atom stereocenters. The molecule has 0 bridgehead atoms. The summed E-state index contributed by atoms with van der Waals surface area (Å²) in [6.45, 7) is 0. The molecule has 5 aromatic carbocycles. The van der Waals surface area contributed by atoms with Gasteiger partial charge in [-0.05, 0) is 64.2 Å². The number of nitrogens with zero attached hydrogens (tertiary/aromatic N) is 2. The van der Waals surface area contributed by atoms with Gasteiger partial charge in [0.25, 0.3) is 0 Å². The highest BCUT2D eigenvalue weighted by molar-refractivity contribution is 5.99. The van der Waals surface area contributed by atoms with E-state index in [1.807, 2.05) is 24.4 Å². The largest absolute Gasteiger partial charge is 0.256 e. The lowest BCUT2D eigenvalue weighted by Gasteiger charge is -2.13. The van der Waals surface area contributed by atoms with E-state index >= 15 is 0 Å². The van der Waals surface area contributed by atoms with Crippen LogP contribution >= 0.6 is 0 Å². The maximum atomic E-state index is 5.07. The summed E-state index contributed by atoms with van der Waals surface area (Å²) in [6.07, 6.45) is 1.97. The lowest BCUT2D eigenvalue weighted by Crippen LogP contribution is -1.91. The van der Waals surface area contributed by atoms with Gasteiger partial charge >= 0.3 is 0 Å². The van der Waals surface area contributed by atoms with Crippen molar-refractivity contribution < 1.29 is 0 Å². The van der Waals surface area contributed by atoms with E-state index in [0.29, 0.717) is 0 Å². The normalized spacial score (nSPS) is 11.2. The van der Waals surface area contributed by atoms with Gasteiger partial charge < -0.3 is 0 Å². The number of benzene rings is 5. The van der Waals surface area contributed by atoms with Crippen LogP contribution in [0, 0.1) is 0 Å². The Kier molecular flexibility index (Phi) is 5.49. The number of para-hydroxylation sites is 1. The van der Waals surface area contributed by atoms with Crippen molar-refractivity contribution in [3.63, 3.8) is 0 Å². The fraction of sp³-hybridized carbons (Fsp3) is 0. The van der Waals surface area contributed by atoms with Crippen molar-refractivity contribution in [3.05, 3.63) is 146 Å². The number of fused-ring (bicyclic) bond motifs is 2. The van der Waals surface area contributed by atoms with Gasteiger partial charge in [0, 0.05) is 28.1 Å². The average molecular weight is 485 g/mol. The minimum absolute atomic E-state index is 0.971. The molecule has 0 N–H and O–H groups in total. The van der Waals surface area contributed by atoms with E-state index in [2.05, 4.69) is 121 Å². The highest BCUT2D eigenvalue weighted by atomic mass is 14.7. The maximum absolute atomic E-state index is 5.07. The van der Waals surface area contributed by atoms with Crippen LogP contribution in [-0.4, -0.2) is 9.97 Å². The molecule has 7 rings (SSSR count). The smallest absolute Gasteiger partial charge is 0.0716 e. The Morgan fingerprint density at radius 1 is 0.395 bits per heavy atom. The molecule has 2 heteroatoms. The van der Waals surface area contributed by atoms with Gasteiger partial charge in [-0.2, -0.15) is 0 Å². The molecule has 178 valence electrons. The van der Waals surface area contributed by atoms with Crippen molar-refractivity contribution in [1.82, 2.24) is 9.97 Å². The van der Waals surface area contributed by atoms with E-state index in [1.54, 1.807) is 0 Å². The van der Waals surface area contributed by atoms with Gasteiger partial charge in [0.15, 0.2) is 0 Å². The van der Waals surface area contributed by atoms with Crippen molar-refractivity contribution in [3.8, 4) is 44.6 Å². The van der Waals surface area contributed by atoms with Gasteiger partial charge in [-0.3, -0.25) is 4.98 Å². The van der Waals surface area contributed by atoms with Crippen molar-refractivity contribution in [2.45, 2.75) is 0 Å². The molecule has 0 aliphatic rings. The summed E-state index contributed by atoms with van der Waals surface area (Å²) in [5.74, 6) is 0. The van der Waals surface area contributed by atoms with Gasteiger partial charge in [-0.25, -0.2) is 4.98 Å². The van der Waals surface area contributed by atoms with Crippen LogP contribution in [0.2, 0.25) is 0 Å². The first-order valence-corrected chi connectivity index (χ1v) is 12.8. The molecule has 0 saturated carbocycles. The van der Waals surface area contributed by atoms with Crippen LogP contribution in [0.15, 0.2) is 146 Å². The van der Waals surface area contributed by atoms with Crippen LogP contribution in [0.5, 0.6) is 0 Å². The summed E-state index contributed by atoms with van der Waals surface area (Å²) < 4.78 is 0. The second kappa shape index (κ2) is 9.42. The monoisotopic (exact) mass is 484 g/mol. The van der Waals surface area contributed by atoms with Gasteiger partial charge in [0.1, 0.15) is 0 Å². The fourth-order valence-corrected chi connectivity index (χ4v) is 5.13. The summed E-state index contributed by atoms with van der Waals surface area (Å²) in [6, 6.07) is 48.9. The molecule has 2 heterocycles. The number of pyridine rings is 2. The molecular formula is C36H24N2. The van der Waals surface area contributed by atoms with E-state index in [4.69, 9.17) is 9.97 Å². The second-order valence-electron chi connectivity index (χ2n) is 9.52. The van der Waals surface area contributed by atoms with Crippen molar-refractivity contribution in [1.29, 1.82) is 0 Å². The molecule has 0 aliphatic heterocycles. The molecule has 0 aliphatic carbocycles. The molecular weight excluding hydrogens is 460 g/mol. The predicted octanol–water partition coefficient (Wildman–Crippen LogP) is 9.45. The number of aromatic nitrogens is 2. The third-order valence-corrected chi connectivity index (χ3v) is 7.08. The minimum atomic E-state index is 0.971. The molecule has 0 unspecified atom stereocenters.